The minimum Gasteiger partial charge on any atom is -0.461 e. The highest BCUT2D eigenvalue weighted by molar-refractivity contribution is 6.02. The summed E-state index contributed by atoms with van der Waals surface area (Å²) in [6, 6.07) is 13.6. The van der Waals surface area contributed by atoms with Crippen LogP contribution in [-0.4, -0.2) is 44.0 Å². The number of alkyl halides is 3. The largest absolute Gasteiger partial charge is 0.461 e. The van der Waals surface area contributed by atoms with Crippen molar-refractivity contribution in [3.63, 3.8) is 0 Å². The number of amides is 1. The average molecular weight is 446 g/mol. The lowest BCUT2D eigenvalue weighted by atomic mass is 10.1. The van der Waals surface area contributed by atoms with Crippen LogP contribution in [0.4, 0.5) is 18.9 Å². The molecular weight excluding hydrogens is 425 g/mol. The molecule has 0 aliphatic rings. The molecule has 0 bridgehead atoms. The Labute approximate surface area is 182 Å². The fraction of sp³-hybridized carbons (Fsp3) is 0.217. The molecule has 168 valence electrons. The molecule has 0 unspecified atom stereocenters. The van der Waals surface area contributed by atoms with Gasteiger partial charge in [-0.3, -0.25) is 4.79 Å². The second-order valence-corrected chi connectivity index (χ2v) is 7.21. The van der Waals surface area contributed by atoms with Gasteiger partial charge in [0.1, 0.15) is 12.4 Å². The quantitative estimate of drug-likeness (QED) is 0.521. The maximum atomic E-state index is 12.9. The van der Waals surface area contributed by atoms with Crippen molar-refractivity contribution in [3.8, 4) is 11.3 Å². The standard InChI is InChI=1S/C23H21F3N2O4/c1-28(2)12-13-31-22(30)15-6-8-18(9-7-15)27-21(29)20-11-10-19(32-20)16-4-3-5-17(14-16)23(24,25)26/h3-11,14H,12-13H2,1-2H3,(H,27,29). The number of anilines is 1. The summed E-state index contributed by atoms with van der Waals surface area (Å²) in [5.74, 6) is -0.979. The molecule has 0 atom stereocenters. The Balaban J connectivity index is 1.64. The van der Waals surface area contributed by atoms with Gasteiger partial charge in [-0.25, -0.2) is 4.79 Å². The van der Waals surface area contributed by atoms with Crippen LogP contribution in [0, 0.1) is 0 Å². The SMILES string of the molecule is CN(C)CCOC(=O)c1ccc(NC(=O)c2ccc(-c3cccc(C(F)(F)F)c3)o2)cc1. The molecular formula is C23H21F3N2O4. The van der Waals surface area contributed by atoms with Gasteiger partial charge in [0.15, 0.2) is 5.76 Å². The summed E-state index contributed by atoms with van der Waals surface area (Å²) < 4.78 is 49.3. The predicted molar refractivity (Wildman–Crippen MR) is 112 cm³/mol. The Morgan fingerprint density at radius 2 is 1.75 bits per heavy atom. The summed E-state index contributed by atoms with van der Waals surface area (Å²) >= 11 is 0. The lowest BCUT2D eigenvalue weighted by Crippen LogP contribution is -2.20. The number of rotatable bonds is 7. The number of esters is 1. The first-order valence-corrected chi connectivity index (χ1v) is 9.64. The minimum atomic E-state index is -4.48. The van der Waals surface area contributed by atoms with Crippen LogP contribution >= 0.6 is 0 Å². The summed E-state index contributed by atoms with van der Waals surface area (Å²) in [5.41, 5.74) is 0.150. The van der Waals surface area contributed by atoms with Crippen LogP contribution < -0.4 is 5.32 Å². The number of carbonyl (C=O) groups excluding carboxylic acids is 2. The molecule has 0 spiro atoms. The number of benzene rings is 2. The third-order valence-corrected chi connectivity index (χ3v) is 4.45. The Morgan fingerprint density at radius 3 is 2.41 bits per heavy atom. The minimum absolute atomic E-state index is 0.0652. The number of nitrogens with one attached hydrogen (secondary N) is 1. The van der Waals surface area contributed by atoms with Crippen molar-refractivity contribution in [1.82, 2.24) is 4.90 Å². The predicted octanol–water partition coefficient (Wildman–Crippen LogP) is 4.94. The zero-order valence-electron chi connectivity index (χ0n) is 17.4. The molecule has 1 amide bonds. The summed E-state index contributed by atoms with van der Waals surface area (Å²) in [4.78, 5) is 26.3. The van der Waals surface area contributed by atoms with Gasteiger partial charge < -0.3 is 19.4 Å². The van der Waals surface area contributed by atoms with Crippen LogP contribution in [0.1, 0.15) is 26.5 Å². The van der Waals surface area contributed by atoms with Crippen molar-refractivity contribution in [2.24, 2.45) is 0 Å². The van der Waals surface area contributed by atoms with Crippen molar-refractivity contribution in [2.45, 2.75) is 6.18 Å². The molecule has 9 heteroatoms. The van der Waals surface area contributed by atoms with Crippen LogP contribution in [-0.2, 0) is 10.9 Å². The first kappa shape index (κ1) is 23.1. The smallest absolute Gasteiger partial charge is 0.416 e. The molecule has 1 heterocycles. The zero-order chi connectivity index (χ0) is 23.3. The molecule has 3 aromatic rings. The Morgan fingerprint density at radius 1 is 1.03 bits per heavy atom. The van der Waals surface area contributed by atoms with Crippen LogP contribution in [0.25, 0.3) is 11.3 Å². The lowest BCUT2D eigenvalue weighted by molar-refractivity contribution is -0.137. The number of ether oxygens (including phenoxy) is 1. The van der Waals surface area contributed by atoms with E-state index < -0.39 is 23.6 Å². The third-order valence-electron chi connectivity index (χ3n) is 4.45. The normalized spacial score (nSPS) is 11.4. The molecule has 0 saturated heterocycles. The van der Waals surface area contributed by atoms with E-state index >= 15 is 0 Å². The summed E-state index contributed by atoms with van der Waals surface area (Å²) in [6.07, 6.45) is -4.48. The van der Waals surface area contributed by atoms with Crippen LogP contribution in [0.3, 0.4) is 0 Å². The fourth-order valence-corrected chi connectivity index (χ4v) is 2.75. The van der Waals surface area contributed by atoms with Gasteiger partial charge >= 0.3 is 12.1 Å². The van der Waals surface area contributed by atoms with E-state index in [1.54, 1.807) is 0 Å². The second kappa shape index (κ2) is 9.69. The number of halogens is 3. The monoisotopic (exact) mass is 446 g/mol. The van der Waals surface area contributed by atoms with Gasteiger partial charge in [-0.05, 0) is 62.6 Å². The van der Waals surface area contributed by atoms with E-state index in [1.165, 1.54) is 48.5 Å². The van der Waals surface area contributed by atoms with Crippen molar-refractivity contribution in [1.29, 1.82) is 0 Å². The molecule has 1 aromatic heterocycles. The topological polar surface area (TPSA) is 71.8 Å². The Hall–Kier alpha value is -3.59. The van der Waals surface area contributed by atoms with Crippen LogP contribution in [0.15, 0.2) is 65.1 Å². The van der Waals surface area contributed by atoms with Crippen molar-refractivity contribution in [2.75, 3.05) is 32.6 Å². The molecule has 6 nitrogen and oxygen atoms in total. The number of furan rings is 1. The molecule has 0 saturated carbocycles. The molecule has 0 radical (unpaired) electrons. The van der Waals surface area contributed by atoms with Crippen molar-refractivity contribution < 1.29 is 31.9 Å². The highest BCUT2D eigenvalue weighted by Gasteiger charge is 2.30. The van der Waals surface area contributed by atoms with E-state index in [0.29, 0.717) is 17.8 Å². The maximum absolute atomic E-state index is 12.9. The van der Waals surface area contributed by atoms with Crippen LogP contribution in [0.5, 0.6) is 0 Å². The van der Waals surface area contributed by atoms with E-state index in [-0.39, 0.29) is 23.7 Å². The van der Waals surface area contributed by atoms with Gasteiger partial charge in [0.2, 0.25) is 0 Å². The van der Waals surface area contributed by atoms with E-state index in [4.69, 9.17) is 9.15 Å². The fourth-order valence-electron chi connectivity index (χ4n) is 2.75. The summed E-state index contributed by atoms with van der Waals surface area (Å²) in [5, 5.41) is 2.61. The third kappa shape index (κ3) is 5.98. The lowest BCUT2D eigenvalue weighted by Gasteiger charge is -2.10. The van der Waals surface area contributed by atoms with Gasteiger partial charge in [-0.1, -0.05) is 12.1 Å². The molecule has 0 aliphatic heterocycles. The van der Waals surface area contributed by atoms with Gasteiger partial charge in [0, 0.05) is 17.8 Å². The summed E-state index contributed by atoms with van der Waals surface area (Å²) in [6.45, 7) is 0.864. The second-order valence-electron chi connectivity index (χ2n) is 7.21. The van der Waals surface area contributed by atoms with Gasteiger partial charge in [-0.15, -0.1) is 0 Å². The molecule has 3 rings (SSSR count). The van der Waals surface area contributed by atoms with E-state index in [1.807, 2.05) is 19.0 Å². The van der Waals surface area contributed by atoms with Crippen molar-refractivity contribution in [3.05, 3.63) is 77.6 Å². The molecule has 0 aliphatic carbocycles. The van der Waals surface area contributed by atoms with E-state index in [0.717, 1.165) is 12.1 Å². The summed E-state index contributed by atoms with van der Waals surface area (Å²) in [7, 11) is 3.74. The first-order chi connectivity index (χ1) is 15.1. The Bertz CT molecular complexity index is 1090. The average Bonchev–Trinajstić information content (AvgIpc) is 3.24. The van der Waals surface area contributed by atoms with Gasteiger partial charge in [0.25, 0.3) is 5.91 Å². The molecule has 32 heavy (non-hydrogen) atoms. The molecule has 1 N–H and O–H groups in total. The number of nitrogens with zero attached hydrogens (tertiary/aromatic N) is 1. The van der Waals surface area contributed by atoms with E-state index in [2.05, 4.69) is 5.32 Å². The molecule has 0 fully saturated rings. The number of likely N-dealkylation sites (N-methyl/N-ethyl adjacent to an activating group) is 1. The van der Waals surface area contributed by atoms with Gasteiger partial charge in [-0.2, -0.15) is 13.2 Å². The highest BCUT2D eigenvalue weighted by atomic mass is 19.4. The first-order valence-electron chi connectivity index (χ1n) is 9.64. The molecule has 2 aromatic carbocycles. The number of carbonyl (C=O) groups is 2. The van der Waals surface area contributed by atoms with Crippen molar-refractivity contribution >= 4 is 17.6 Å². The number of hydrogen-bond acceptors (Lipinski definition) is 5. The van der Waals surface area contributed by atoms with Crippen LogP contribution in [0.2, 0.25) is 0 Å². The van der Waals surface area contributed by atoms with Gasteiger partial charge in [0.05, 0.1) is 11.1 Å². The zero-order valence-corrected chi connectivity index (χ0v) is 17.4. The number of hydrogen-bond donors (Lipinski definition) is 1. The van der Waals surface area contributed by atoms with E-state index in [9.17, 15) is 22.8 Å². The highest BCUT2D eigenvalue weighted by Crippen LogP contribution is 2.32. The maximum Gasteiger partial charge on any atom is 0.416 e. The Kier molecular flexibility index (Phi) is 6.99.